The predicted molar refractivity (Wildman–Crippen MR) is 194 cm³/mol. The Hall–Kier alpha value is -6.57. The molecule has 0 spiro atoms. The van der Waals surface area contributed by atoms with Gasteiger partial charge in [-0.05, 0) is 66.7 Å². The van der Waals surface area contributed by atoms with Gasteiger partial charge in [-0.3, -0.25) is 0 Å². The van der Waals surface area contributed by atoms with Crippen molar-refractivity contribution in [1.29, 1.82) is 5.26 Å². The Labute approximate surface area is 270 Å². The molecule has 0 aliphatic heterocycles. The number of fused-ring (bicyclic) bond motifs is 10. The molecular formula is C43H26N4. The molecule has 0 unspecified atom stereocenters. The zero-order chi connectivity index (χ0) is 31.1. The van der Waals surface area contributed by atoms with Crippen molar-refractivity contribution in [3.63, 3.8) is 0 Å². The zero-order valence-corrected chi connectivity index (χ0v) is 25.3. The van der Waals surface area contributed by atoms with Crippen LogP contribution in [0.2, 0.25) is 0 Å². The predicted octanol–water partition coefficient (Wildman–Crippen LogP) is 10.8. The number of hydrogen-bond acceptors (Lipinski definition) is 1. The van der Waals surface area contributed by atoms with Gasteiger partial charge in [0.25, 0.3) is 0 Å². The highest BCUT2D eigenvalue weighted by molar-refractivity contribution is 6.26. The molecule has 0 radical (unpaired) electrons. The molecule has 0 bridgehead atoms. The second-order valence-corrected chi connectivity index (χ2v) is 12.1. The lowest BCUT2D eigenvalue weighted by Gasteiger charge is -2.12. The van der Waals surface area contributed by atoms with Gasteiger partial charge in [0.1, 0.15) is 0 Å². The first-order valence-electron chi connectivity index (χ1n) is 15.8. The van der Waals surface area contributed by atoms with Crippen molar-refractivity contribution < 1.29 is 0 Å². The second-order valence-electron chi connectivity index (χ2n) is 12.1. The van der Waals surface area contributed by atoms with Crippen molar-refractivity contribution in [1.82, 2.24) is 13.7 Å². The lowest BCUT2D eigenvalue weighted by Crippen LogP contribution is -1.97. The number of aromatic nitrogens is 3. The Bertz CT molecular complexity index is 2900. The van der Waals surface area contributed by atoms with Crippen molar-refractivity contribution in [2.24, 2.45) is 0 Å². The third-order valence-electron chi connectivity index (χ3n) is 9.64. The maximum Gasteiger partial charge on any atom is 0.0992 e. The van der Waals surface area contributed by atoms with Gasteiger partial charge in [0.15, 0.2) is 0 Å². The Morgan fingerprint density at radius 3 is 1.60 bits per heavy atom. The molecule has 3 aromatic heterocycles. The summed E-state index contributed by atoms with van der Waals surface area (Å²) in [6.45, 7) is 0. The van der Waals surface area contributed by atoms with E-state index in [1.165, 1.54) is 43.6 Å². The van der Waals surface area contributed by atoms with Crippen LogP contribution in [0.4, 0.5) is 0 Å². The zero-order valence-electron chi connectivity index (χ0n) is 25.3. The maximum absolute atomic E-state index is 9.78. The smallest absolute Gasteiger partial charge is 0.0992 e. The van der Waals surface area contributed by atoms with Crippen LogP contribution in [0.5, 0.6) is 0 Å². The summed E-state index contributed by atoms with van der Waals surface area (Å²) in [6, 6.07) is 58.3. The molecule has 0 saturated carbocycles. The quantitative estimate of drug-likeness (QED) is 0.199. The monoisotopic (exact) mass is 598 g/mol. The highest BCUT2D eigenvalue weighted by atomic mass is 15.0. The van der Waals surface area contributed by atoms with E-state index in [0.717, 1.165) is 38.9 Å². The van der Waals surface area contributed by atoms with Crippen LogP contribution in [0, 0.1) is 11.3 Å². The summed E-state index contributed by atoms with van der Waals surface area (Å²) in [6.07, 6.45) is 0. The SMILES string of the molecule is N#Cc1ccc2c3ccc(-n4c5ccccc5c5ccc6c(c7ccccc7n6-c6ccccc6)c54)cc3n(-c3ccccc3)c2c1. The van der Waals surface area contributed by atoms with Crippen molar-refractivity contribution >= 4 is 65.4 Å². The van der Waals surface area contributed by atoms with Crippen LogP contribution >= 0.6 is 0 Å². The van der Waals surface area contributed by atoms with Crippen LogP contribution in [0.15, 0.2) is 158 Å². The summed E-state index contributed by atoms with van der Waals surface area (Å²) >= 11 is 0. The largest absolute Gasteiger partial charge is 0.309 e. The van der Waals surface area contributed by atoms with Crippen molar-refractivity contribution in [2.75, 3.05) is 0 Å². The van der Waals surface area contributed by atoms with E-state index in [1.807, 2.05) is 18.2 Å². The minimum absolute atomic E-state index is 0.650. The van der Waals surface area contributed by atoms with Gasteiger partial charge in [-0.1, -0.05) is 91.0 Å². The molecule has 0 aliphatic rings. The van der Waals surface area contributed by atoms with Crippen molar-refractivity contribution in [3.05, 3.63) is 163 Å². The lowest BCUT2D eigenvalue weighted by atomic mass is 10.1. The molecule has 218 valence electrons. The first-order valence-corrected chi connectivity index (χ1v) is 15.8. The minimum Gasteiger partial charge on any atom is -0.309 e. The van der Waals surface area contributed by atoms with E-state index in [-0.39, 0.29) is 0 Å². The van der Waals surface area contributed by atoms with Crippen LogP contribution in [0.25, 0.3) is 82.5 Å². The number of rotatable bonds is 3. The van der Waals surface area contributed by atoms with E-state index >= 15 is 0 Å². The summed E-state index contributed by atoms with van der Waals surface area (Å²) in [5, 5.41) is 17.0. The lowest BCUT2D eigenvalue weighted by molar-refractivity contribution is 1.16. The number of benzene rings is 7. The Morgan fingerprint density at radius 1 is 0.362 bits per heavy atom. The van der Waals surface area contributed by atoms with Crippen LogP contribution in [0.1, 0.15) is 5.56 Å². The molecule has 0 N–H and O–H groups in total. The topological polar surface area (TPSA) is 38.6 Å². The molecule has 10 rings (SSSR count). The molecule has 7 aromatic carbocycles. The van der Waals surface area contributed by atoms with E-state index < -0.39 is 0 Å². The van der Waals surface area contributed by atoms with Gasteiger partial charge in [-0.15, -0.1) is 0 Å². The summed E-state index contributed by atoms with van der Waals surface area (Å²) in [5.74, 6) is 0. The van der Waals surface area contributed by atoms with Gasteiger partial charge in [0.05, 0.1) is 44.7 Å². The van der Waals surface area contributed by atoms with Gasteiger partial charge < -0.3 is 13.7 Å². The Morgan fingerprint density at radius 2 is 0.894 bits per heavy atom. The fourth-order valence-corrected chi connectivity index (χ4v) is 7.70. The fraction of sp³-hybridized carbons (Fsp3) is 0. The standard InChI is InChI=1S/C43H26N4/c44-27-28-19-21-33-34-22-20-31(26-41(34)46(40(33)25-28)30-13-5-2-6-14-30)47-37-17-9-7-15-32(37)35-23-24-39-42(43(35)47)36-16-8-10-18-38(36)45(39)29-11-3-1-4-12-29/h1-26H. The first kappa shape index (κ1) is 25.7. The van der Waals surface area contributed by atoms with Gasteiger partial charge in [0.2, 0.25) is 0 Å². The number of hydrogen-bond donors (Lipinski definition) is 0. The van der Waals surface area contributed by atoms with Crippen LogP contribution in [-0.2, 0) is 0 Å². The van der Waals surface area contributed by atoms with E-state index in [1.54, 1.807) is 0 Å². The van der Waals surface area contributed by atoms with E-state index in [9.17, 15) is 5.26 Å². The summed E-state index contributed by atoms with van der Waals surface area (Å²) < 4.78 is 7.12. The summed E-state index contributed by atoms with van der Waals surface area (Å²) in [7, 11) is 0. The molecule has 0 saturated heterocycles. The third kappa shape index (κ3) is 3.57. The molecule has 0 aliphatic carbocycles. The molecule has 0 atom stereocenters. The highest BCUT2D eigenvalue weighted by Gasteiger charge is 2.21. The van der Waals surface area contributed by atoms with Gasteiger partial charge in [-0.2, -0.15) is 5.26 Å². The number of nitrogens with zero attached hydrogens (tertiary/aromatic N) is 4. The second kappa shape index (κ2) is 9.71. The molecule has 0 amide bonds. The van der Waals surface area contributed by atoms with Crippen LogP contribution in [0.3, 0.4) is 0 Å². The molecule has 10 aromatic rings. The number of para-hydroxylation sites is 4. The fourth-order valence-electron chi connectivity index (χ4n) is 7.70. The minimum atomic E-state index is 0.650. The first-order chi connectivity index (χ1) is 23.3. The number of nitriles is 1. The van der Waals surface area contributed by atoms with E-state index in [2.05, 4.69) is 159 Å². The Kier molecular flexibility index (Phi) is 5.32. The molecule has 4 heteroatoms. The third-order valence-corrected chi connectivity index (χ3v) is 9.64. The van der Waals surface area contributed by atoms with Crippen molar-refractivity contribution in [3.8, 4) is 23.1 Å². The van der Waals surface area contributed by atoms with Gasteiger partial charge in [-0.25, -0.2) is 0 Å². The van der Waals surface area contributed by atoms with E-state index in [4.69, 9.17) is 0 Å². The molecular weight excluding hydrogens is 573 g/mol. The Balaban J connectivity index is 1.37. The summed E-state index contributed by atoms with van der Waals surface area (Å²) in [5.41, 5.74) is 10.8. The summed E-state index contributed by atoms with van der Waals surface area (Å²) in [4.78, 5) is 0. The molecule has 4 nitrogen and oxygen atoms in total. The normalized spacial score (nSPS) is 11.8. The molecule has 0 fully saturated rings. The average molecular weight is 599 g/mol. The molecule has 47 heavy (non-hydrogen) atoms. The van der Waals surface area contributed by atoms with Gasteiger partial charge in [0, 0.05) is 49.4 Å². The van der Waals surface area contributed by atoms with Crippen molar-refractivity contribution in [2.45, 2.75) is 0 Å². The average Bonchev–Trinajstić information content (AvgIpc) is 3.77. The van der Waals surface area contributed by atoms with E-state index in [0.29, 0.717) is 5.56 Å². The van der Waals surface area contributed by atoms with Crippen LogP contribution in [-0.4, -0.2) is 13.7 Å². The highest BCUT2D eigenvalue weighted by Crippen LogP contribution is 2.43. The van der Waals surface area contributed by atoms with Gasteiger partial charge >= 0.3 is 0 Å². The molecule has 3 heterocycles. The van der Waals surface area contributed by atoms with Crippen LogP contribution < -0.4 is 0 Å². The maximum atomic E-state index is 9.78.